The molecule has 2 aromatic carbocycles. The van der Waals surface area contributed by atoms with Crippen LogP contribution in [0, 0.1) is 12.8 Å². The highest BCUT2D eigenvalue weighted by atomic mass is 13.9. The maximum absolute atomic E-state index is 4.00. The molecule has 0 N–H and O–H groups in total. The third-order valence-electron chi connectivity index (χ3n) is 3.32. The van der Waals surface area contributed by atoms with Gasteiger partial charge in [0.2, 0.25) is 0 Å². The van der Waals surface area contributed by atoms with Crippen molar-refractivity contribution in [1.82, 2.24) is 0 Å². The number of benzene rings is 2. The minimum Gasteiger partial charge on any atom is -0.124 e. The molecule has 0 aliphatic rings. The van der Waals surface area contributed by atoms with Crippen molar-refractivity contribution in [3.63, 3.8) is 0 Å². The van der Waals surface area contributed by atoms with Gasteiger partial charge in [0.05, 0.1) is 0 Å². The Kier molecular flexibility index (Phi) is 14.0. The van der Waals surface area contributed by atoms with Crippen molar-refractivity contribution in [1.29, 1.82) is 0 Å². The normalized spacial score (nSPS) is 8.91. The lowest BCUT2D eigenvalue weighted by molar-refractivity contribution is 0.795. The fraction of sp³-hybridized carbons (Fsp3) is 0.364. The molecule has 0 aliphatic carbocycles. The van der Waals surface area contributed by atoms with Crippen molar-refractivity contribution >= 4 is 0 Å². The molecule has 0 heterocycles. The van der Waals surface area contributed by atoms with E-state index in [1.165, 1.54) is 49.7 Å². The molecule has 0 atom stereocenters. The Morgan fingerprint density at radius 3 is 1.18 bits per heavy atom. The molecule has 118 valence electrons. The van der Waals surface area contributed by atoms with Gasteiger partial charge < -0.3 is 0 Å². The molecule has 2 aromatic rings. The van der Waals surface area contributed by atoms with E-state index in [2.05, 4.69) is 87.4 Å². The average molecular weight is 294 g/mol. The predicted octanol–water partition coefficient (Wildman–Crippen LogP) is 6.31. The molecular weight excluding hydrogens is 264 g/mol. The Morgan fingerprint density at radius 2 is 0.909 bits per heavy atom. The van der Waals surface area contributed by atoms with Crippen molar-refractivity contribution in [3.05, 3.63) is 71.8 Å². The van der Waals surface area contributed by atoms with Crippen molar-refractivity contribution < 1.29 is 0 Å². The van der Waals surface area contributed by atoms with Crippen LogP contribution in [0.1, 0.15) is 50.7 Å². The van der Waals surface area contributed by atoms with E-state index in [1.807, 2.05) is 0 Å². The van der Waals surface area contributed by atoms with Gasteiger partial charge in [-0.2, -0.15) is 0 Å². The van der Waals surface area contributed by atoms with Gasteiger partial charge in [0.25, 0.3) is 0 Å². The first-order valence-electron chi connectivity index (χ1n) is 8.28. The van der Waals surface area contributed by atoms with Crippen molar-refractivity contribution in [2.45, 2.75) is 52.4 Å². The molecule has 0 nitrogen and oxygen atoms in total. The van der Waals surface area contributed by atoms with E-state index in [4.69, 9.17) is 0 Å². The van der Waals surface area contributed by atoms with Gasteiger partial charge >= 0.3 is 0 Å². The molecule has 0 amide bonds. The predicted molar refractivity (Wildman–Crippen MR) is 100.0 cm³/mol. The van der Waals surface area contributed by atoms with Gasteiger partial charge in [-0.3, -0.25) is 0 Å². The van der Waals surface area contributed by atoms with E-state index in [0.29, 0.717) is 0 Å². The summed E-state index contributed by atoms with van der Waals surface area (Å²) in [6, 6.07) is 21.3. The topological polar surface area (TPSA) is 0 Å². The second-order valence-electron chi connectivity index (χ2n) is 5.18. The highest BCUT2D eigenvalue weighted by Gasteiger charge is 1.88. The maximum atomic E-state index is 4.00. The van der Waals surface area contributed by atoms with E-state index >= 15 is 0 Å². The van der Waals surface area contributed by atoms with E-state index < -0.39 is 0 Å². The summed E-state index contributed by atoms with van der Waals surface area (Å²) in [4.78, 5) is 0. The second-order valence-corrected chi connectivity index (χ2v) is 5.18. The number of rotatable bonds is 6. The highest BCUT2D eigenvalue weighted by molar-refractivity contribution is 5.15. The Bertz CT molecular complexity index is 410. The first kappa shape index (κ1) is 20.0. The molecule has 22 heavy (non-hydrogen) atoms. The van der Waals surface area contributed by atoms with Gasteiger partial charge in [-0.05, 0) is 36.8 Å². The van der Waals surface area contributed by atoms with Crippen molar-refractivity contribution in [2.24, 2.45) is 0 Å². The third kappa shape index (κ3) is 10.7. The van der Waals surface area contributed by atoms with Crippen molar-refractivity contribution in [3.8, 4) is 12.8 Å². The van der Waals surface area contributed by atoms with Crippen LogP contribution in [0.5, 0.6) is 0 Å². The molecule has 0 radical (unpaired) electrons. The van der Waals surface area contributed by atoms with Crippen molar-refractivity contribution in [2.75, 3.05) is 0 Å². The zero-order chi connectivity index (χ0) is 16.5. The lowest BCUT2D eigenvalue weighted by Gasteiger charge is -1.96. The molecule has 0 fully saturated rings. The average Bonchev–Trinajstić information content (AvgIpc) is 2.62. The van der Waals surface area contributed by atoms with E-state index in [1.54, 1.807) is 0 Å². The van der Waals surface area contributed by atoms with E-state index in [0.717, 1.165) is 0 Å². The van der Waals surface area contributed by atoms with Crippen LogP contribution in [0.4, 0.5) is 0 Å². The van der Waals surface area contributed by atoms with Gasteiger partial charge in [-0.15, -0.1) is 12.8 Å². The monoisotopic (exact) mass is 294 g/mol. The first-order chi connectivity index (χ1) is 10.9. The molecule has 0 aliphatic heterocycles. The van der Waals surface area contributed by atoms with Gasteiger partial charge in [-0.25, -0.2) is 0 Å². The van der Waals surface area contributed by atoms with Gasteiger partial charge in [0.15, 0.2) is 0 Å². The van der Waals surface area contributed by atoms with Crippen LogP contribution in [-0.4, -0.2) is 0 Å². The summed E-state index contributed by atoms with van der Waals surface area (Å²) in [5.41, 5.74) is 2.92. The molecule has 0 bridgehead atoms. The minimum atomic E-state index is 1.23. The van der Waals surface area contributed by atoms with Crippen LogP contribution in [0.15, 0.2) is 60.7 Å². The van der Waals surface area contributed by atoms with Gasteiger partial charge in [-0.1, -0.05) is 87.4 Å². The lowest BCUT2D eigenvalue weighted by Crippen LogP contribution is -1.81. The summed E-state index contributed by atoms with van der Waals surface area (Å²) < 4.78 is 0. The number of unbranched alkanes of at least 4 members (excludes halogenated alkanes) is 2. The summed E-state index contributed by atoms with van der Waals surface area (Å²) in [7, 11) is 0. The van der Waals surface area contributed by atoms with Crippen LogP contribution in [0.3, 0.4) is 0 Å². The molecule has 0 unspecified atom stereocenters. The van der Waals surface area contributed by atoms with Crippen LogP contribution in [-0.2, 0) is 12.8 Å². The second kappa shape index (κ2) is 15.4. The number of hydrogen-bond donors (Lipinski definition) is 0. The summed E-state index contributed by atoms with van der Waals surface area (Å²) in [5, 5.41) is 0. The smallest absolute Gasteiger partial charge is 0.0279 e. The lowest BCUT2D eigenvalue weighted by atomic mass is 10.1. The van der Waals surface area contributed by atoms with Crippen LogP contribution in [0.2, 0.25) is 0 Å². The number of aryl methyl sites for hydroxylation is 2. The number of hydrogen-bond acceptors (Lipinski definition) is 0. The zero-order valence-corrected chi connectivity index (χ0v) is 14.2. The van der Waals surface area contributed by atoms with Gasteiger partial charge in [0.1, 0.15) is 0 Å². The molecule has 0 aromatic heterocycles. The molecule has 0 heteroatoms. The molecular formula is C22H30. The summed E-state index contributed by atoms with van der Waals surface area (Å²) in [6.45, 7) is 4.45. The Balaban J connectivity index is 0.000000360. The summed E-state index contributed by atoms with van der Waals surface area (Å²) in [5.74, 6) is 0. The Morgan fingerprint density at radius 1 is 0.591 bits per heavy atom. The standard InChI is InChI=1S/2C10H14.C2H2/c2*1-2-3-7-10-8-5-4-6-9-10;1-2/h2*4-6,8-9H,2-3,7H2,1H3;1-2H. The number of terminal acetylenes is 1. The Hall–Kier alpha value is -2.00. The fourth-order valence-electron chi connectivity index (χ4n) is 2.05. The first-order valence-corrected chi connectivity index (χ1v) is 8.28. The largest absolute Gasteiger partial charge is 0.124 e. The molecule has 0 saturated carbocycles. The maximum Gasteiger partial charge on any atom is -0.0279 e. The minimum absolute atomic E-state index is 1.23. The fourth-order valence-corrected chi connectivity index (χ4v) is 2.05. The zero-order valence-electron chi connectivity index (χ0n) is 14.2. The third-order valence-corrected chi connectivity index (χ3v) is 3.32. The molecule has 2 rings (SSSR count). The molecule has 0 saturated heterocycles. The van der Waals surface area contributed by atoms with Crippen LogP contribution < -0.4 is 0 Å². The van der Waals surface area contributed by atoms with E-state index in [-0.39, 0.29) is 0 Å². The Labute approximate surface area is 137 Å². The summed E-state index contributed by atoms with van der Waals surface area (Å²) >= 11 is 0. The SMILES string of the molecule is C#C.CCCCc1ccccc1.CCCCc1ccccc1. The van der Waals surface area contributed by atoms with Crippen LogP contribution in [0.25, 0.3) is 0 Å². The summed E-state index contributed by atoms with van der Waals surface area (Å²) in [6.07, 6.45) is 15.7. The van der Waals surface area contributed by atoms with Crippen LogP contribution >= 0.6 is 0 Å². The van der Waals surface area contributed by atoms with E-state index in [9.17, 15) is 0 Å². The molecule has 0 spiro atoms. The van der Waals surface area contributed by atoms with Gasteiger partial charge in [0, 0.05) is 0 Å². The quantitative estimate of drug-likeness (QED) is 0.548. The highest BCUT2D eigenvalue weighted by Crippen LogP contribution is 2.03.